The number of halogens is 1. The fraction of sp³-hybridized carbons (Fsp3) is 0.154. The van der Waals surface area contributed by atoms with Gasteiger partial charge in [0.15, 0.2) is 0 Å². The molecule has 0 radical (unpaired) electrons. The number of nitrogens with one attached hydrogen (secondary N) is 1. The fourth-order valence-electron chi connectivity index (χ4n) is 1.81. The van der Waals surface area contributed by atoms with E-state index < -0.39 is 10.7 Å². The summed E-state index contributed by atoms with van der Waals surface area (Å²) in [5.74, 6) is 0.0710. The van der Waals surface area contributed by atoms with Crippen molar-refractivity contribution in [3.8, 4) is 0 Å². The SMILES string of the molecule is CNc1ccc([N+](=O)[O-])c(N(C)c2ccccc2F)n1. The molecule has 0 bridgehead atoms. The Hall–Kier alpha value is -2.70. The molecule has 0 fully saturated rings. The van der Waals surface area contributed by atoms with E-state index in [0.29, 0.717) is 5.82 Å². The van der Waals surface area contributed by atoms with Crippen LogP contribution in [-0.2, 0) is 0 Å². The molecule has 0 aliphatic carbocycles. The van der Waals surface area contributed by atoms with E-state index in [1.807, 2.05) is 0 Å². The second-order valence-corrected chi connectivity index (χ2v) is 4.06. The van der Waals surface area contributed by atoms with Gasteiger partial charge in [0.25, 0.3) is 0 Å². The van der Waals surface area contributed by atoms with Gasteiger partial charge in [0, 0.05) is 20.2 Å². The average Bonchev–Trinajstić information content (AvgIpc) is 2.46. The number of nitro groups is 1. The van der Waals surface area contributed by atoms with Crippen LogP contribution < -0.4 is 10.2 Å². The third kappa shape index (κ3) is 2.51. The first-order valence-corrected chi connectivity index (χ1v) is 5.86. The molecule has 7 heteroatoms. The van der Waals surface area contributed by atoms with Crippen LogP contribution in [0.2, 0.25) is 0 Å². The molecule has 20 heavy (non-hydrogen) atoms. The zero-order chi connectivity index (χ0) is 14.7. The predicted molar refractivity (Wildman–Crippen MR) is 74.9 cm³/mol. The molecule has 1 aromatic heterocycles. The van der Waals surface area contributed by atoms with Crippen LogP contribution in [0.25, 0.3) is 0 Å². The van der Waals surface area contributed by atoms with E-state index in [0.717, 1.165) is 0 Å². The third-order valence-corrected chi connectivity index (χ3v) is 2.84. The molecule has 0 saturated carbocycles. The largest absolute Gasteiger partial charge is 0.373 e. The number of para-hydroxylation sites is 1. The number of hydrogen-bond donors (Lipinski definition) is 1. The summed E-state index contributed by atoms with van der Waals surface area (Å²) in [6.07, 6.45) is 0. The van der Waals surface area contributed by atoms with E-state index >= 15 is 0 Å². The molecule has 0 aliphatic rings. The molecule has 0 amide bonds. The Morgan fingerprint density at radius 1 is 1.30 bits per heavy atom. The Morgan fingerprint density at radius 2 is 2.00 bits per heavy atom. The standard InChI is InChI=1S/C13H13FN4O2/c1-15-12-8-7-11(18(19)20)13(16-12)17(2)10-6-4-3-5-9(10)14/h3-8H,1-2H3,(H,15,16). The summed E-state index contributed by atoms with van der Waals surface area (Å²) < 4.78 is 13.8. The minimum atomic E-state index is -0.543. The number of rotatable bonds is 4. The topological polar surface area (TPSA) is 71.3 Å². The molecule has 2 aromatic rings. The lowest BCUT2D eigenvalue weighted by Gasteiger charge is -2.19. The first kappa shape index (κ1) is 13.7. The minimum absolute atomic E-state index is 0.0759. The first-order chi connectivity index (χ1) is 9.54. The van der Waals surface area contributed by atoms with E-state index in [-0.39, 0.29) is 17.2 Å². The maximum atomic E-state index is 13.8. The van der Waals surface area contributed by atoms with Crippen molar-refractivity contribution >= 4 is 23.0 Å². The molecule has 0 atom stereocenters. The van der Waals surface area contributed by atoms with Crippen molar-refractivity contribution in [3.05, 3.63) is 52.3 Å². The predicted octanol–water partition coefficient (Wildman–Crippen LogP) is 2.94. The zero-order valence-corrected chi connectivity index (χ0v) is 11.0. The molecule has 0 aliphatic heterocycles. The molecule has 0 spiro atoms. The van der Waals surface area contributed by atoms with Crippen LogP contribution in [0, 0.1) is 15.9 Å². The summed E-state index contributed by atoms with van der Waals surface area (Å²) in [7, 11) is 3.19. The molecule has 6 nitrogen and oxygen atoms in total. The monoisotopic (exact) mass is 276 g/mol. The molecule has 0 unspecified atom stereocenters. The Morgan fingerprint density at radius 3 is 2.60 bits per heavy atom. The van der Waals surface area contributed by atoms with Crippen LogP contribution in [0.3, 0.4) is 0 Å². The Balaban J connectivity index is 2.55. The van der Waals surface area contributed by atoms with Crippen molar-refractivity contribution in [2.45, 2.75) is 0 Å². The number of pyridine rings is 1. The minimum Gasteiger partial charge on any atom is -0.373 e. The normalized spacial score (nSPS) is 10.2. The zero-order valence-electron chi connectivity index (χ0n) is 11.0. The summed E-state index contributed by atoms with van der Waals surface area (Å²) in [6, 6.07) is 8.87. The van der Waals surface area contributed by atoms with Crippen LogP contribution in [0.5, 0.6) is 0 Å². The second-order valence-electron chi connectivity index (χ2n) is 4.06. The number of benzene rings is 1. The summed E-state index contributed by atoms with van der Waals surface area (Å²) in [6.45, 7) is 0. The van der Waals surface area contributed by atoms with Crippen molar-refractivity contribution in [3.63, 3.8) is 0 Å². The summed E-state index contributed by atoms with van der Waals surface area (Å²) in [5.41, 5.74) is 0.0334. The van der Waals surface area contributed by atoms with Crippen LogP contribution >= 0.6 is 0 Å². The Kier molecular flexibility index (Phi) is 3.79. The molecular weight excluding hydrogens is 263 g/mol. The number of anilines is 3. The van der Waals surface area contributed by atoms with Gasteiger partial charge in [-0.05, 0) is 18.2 Å². The average molecular weight is 276 g/mol. The highest BCUT2D eigenvalue weighted by Crippen LogP contribution is 2.32. The molecule has 2 rings (SSSR count). The summed E-state index contributed by atoms with van der Waals surface area (Å²) in [4.78, 5) is 16.0. The van der Waals surface area contributed by atoms with Gasteiger partial charge in [0.05, 0.1) is 10.6 Å². The van der Waals surface area contributed by atoms with E-state index in [2.05, 4.69) is 10.3 Å². The van der Waals surface area contributed by atoms with Crippen molar-refractivity contribution in [1.82, 2.24) is 4.98 Å². The summed E-state index contributed by atoms with van der Waals surface area (Å²) in [5, 5.41) is 13.9. The van der Waals surface area contributed by atoms with Gasteiger partial charge in [0.2, 0.25) is 5.82 Å². The van der Waals surface area contributed by atoms with Crippen molar-refractivity contribution in [2.75, 3.05) is 24.3 Å². The molecule has 0 saturated heterocycles. The van der Waals surface area contributed by atoms with Crippen LogP contribution in [0.1, 0.15) is 0 Å². The van der Waals surface area contributed by atoms with Gasteiger partial charge in [-0.1, -0.05) is 12.1 Å². The van der Waals surface area contributed by atoms with E-state index in [9.17, 15) is 14.5 Å². The van der Waals surface area contributed by atoms with Gasteiger partial charge in [0.1, 0.15) is 11.6 Å². The number of nitrogens with zero attached hydrogens (tertiary/aromatic N) is 3. The highest BCUT2D eigenvalue weighted by molar-refractivity contribution is 5.69. The van der Waals surface area contributed by atoms with Crippen LogP contribution in [0.15, 0.2) is 36.4 Å². The van der Waals surface area contributed by atoms with Gasteiger partial charge < -0.3 is 10.2 Å². The smallest absolute Gasteiger partial charge is 0.312 e. The second kappa shape index (κ2) is 5.52. The van der Waals surface area contributed by atoms with Gasteiger partial charge in [-0.25, -0.2) is 9.37 Å². The highest BCUT2D eigenvalue weighted by atomic mass is 19.1. The van der Waals surface area contributed by atoms with Gasteiger partial charge >= 0.3 is 5.69 Å². The van der Waals surface area contributed by atoms with Gasteiger partial charge in [-0.2, -0.15) is 0 Å². The number of aromatic nitrogens is 1. The maximum Gasteiger partial charge on any atom is 0.312 e. The lowest BCUT2D eigenvalue weighted by molar-refractivity contribution is -0.384. The van der Waals surface area contributed by atoms with E-state index in [4.69, 9.17) is 0 Å². The summed E-state index contributed by atoms with van der Waals surface area (Å²) >= 11 is 0. The van der Waals surface area contributed by atoms with Crippen molar-refractivity contribution < 1.29 is 9.31 Å². The molecular formula is C13H13FN4O2. The fourth-order valence-corrected chi connectivity index (χ4v) is 1.81. The lowest BCUT2D eigenvalue weighted by Crippen LogP contribution is -2.15. The third-order valence-electron chi connectivity index (χ3n) is 2.84. The molecule has 1 aromatic carbocycles. The highest BCUT2D eigenvalue weighted by Gasteiger charge is 2.22. The first-order valence-electron chi connectivity index (χ1n) is 5.86. The lowest BCUT2D eigenvalue weighted by atomic mass is 10.2. The van der Waals surface area contributed by atoms with Crippen molar-refractivity contribution in [2.24, 2.45) is 0 Å². The van der Waals surface area contributed by atoms with Gasteiger partial charge in [-0.15, -0.1) is 0 Å². The molecule has 104 valence electrons. The van der Waals surface area contributed by atoms with Crippen LogP contribution in [-0.4, -0.2) is 24.0 Å². The quantitative estimate of drug-likeness (QED) is 0.686. The maximum absolute atomic E-state index is 13.8. The van der Waals surface area contributed by atoms with Gasteiger partial charge in [-0.3, -0.25) is 10.1 Å². The van der Waals surface area contributed by atoms with E-state index in [1.54, 1.807) is 19.2 Å². The van der Waals surface area contributed by atoms with E-state index in [1.165, 1.54) is 36.2 Å². The Labute approximate surface area is 115 Å². The molecule has 1 N–H and O–H groups in total. The molecule has 1 heterocycles. The van der Waals surface area contributed by atoms with Crippen molar-refractivity contribution in [1.29, 1.82) is 0 Å². The Bertz CT molecular complexity index is 648. The van der Waals surface area contributed by atoms with Crippen LogP contribution in [0.4, 0.5) is 27.4 Å². The number of hydrogen-bond acceptors (Lipinski definition) is 5.